The van der Waals surface area contributed by atoms with E-state index in [0.29, 0.717) is 11.6 Å². The summed E-state index contributed by atoms with van der Waals surface area (Å²) in [4.78, 5) is 29.4. The van der Waals surface area contributed by atoms with Crippen molar-refractivity contribution in [1.29, 1.82) is 0 Å². The van der Waals surface area contributed by atoms with E-state index in [2.05, 4.69) is 29.2 Å². The zero-order valence-electron chi connectivity index (χ0n) is 17.6. The first-order valence-corrected chi connectivity index (χ1v) is 11.9. The summed E-state index contributed by atoms with van der Waals surface area (Å²) >= 11 is 1.61. The molecule has 0 bridgehead atoms. The summed E-state index contributed by atoms with van der Waals surface area (Å²) < 4.78 is 3.30. The number of nitrogens with one attached hydrogen (secondary N) is 1. The van der Waals surface area contributed by atoms with Crippen molar-refractivity contribution in [2.24, 2.45) is 0 Å². The Morgan fingerprint density at radius 1 is 1.30 bits per heavy atom. The Morgan fingerprint density at radius 2 is 2.13 bits per heavy atom. The molecule has 8 heteroatoms. The van der Waals surface area contributed by atoms with Crippen molar-refractivity contribution >= 4 is 33.0 Å². The van der Waals surface area contributed by atoms with E-state index in [1.807, 2.05) is 21.9 Å². The molecule has 1 amide bonds. The van der Waals surface area contributed by atoms with Crippen molar-refractivity contribution in [1.82, 2.24) is 24.4 Å². The van der Waals surface area contributed by atoms with Crippen LogP contribution in [0.1, 0.15) is 57.7 Å². The minimum absolute atomic E-state index is 0.0339. The highest BCUT2D eigenvalue weighted by Gasteiger charge is 2.30. The Morgan fingerprint density at radius 3 is 2.87 bits per heavy atom. The van der Waals surface area contributed by atoms with Crippen LogP contribution >= 0.6 is 11.3 Å². The van der Waals surface area contributed by atoms with Crippen molar-refractivity contribution in [3.8, 4) is 0 Å². The smallest absolute Gasteiger partial charge is 0.291 e. The summed E-state index contributed by atoms with van der Waals surface area (Å²) in [6, 6.07) is 4.79. The fraction of sp³-hybridized carbons (Fsp3) is 0.591. The summed E-state index contributed by atoms with van der Waals surface area (Å²) in [6.07, 6.45) is 6.01. The van der Waals surface area contributed by atoms with Crippen LogP contribution in [0.2, 0.25) is 0 Å². The third-order valence-corrected chi connectivity index (χ3v) is 7.45. The molecule has 2 fully saturated rings. The van der Waals surface area contributed by atoms with Crippen LogP contribution in [0.4, 0.5) is 0 Å². The molecule has 0 aromatic carbocycles. The number of thiophene rings is 1. The first-order chi connectivity index (χ1) is 14.5. The Balaban J connectivity index is 1.37. The van der Waals surface area contributed by atoms with Crippen molar-refractivity contribution in [2.75, 3.05) is 13.1 Å². The second kappa shape index (κ2) is 7.81. The molecule has 0 spiro atoms. The van der Waals surface area contributed by atoms with Gasteiger partial charge in [0.05, 0.1) is 0 Å². The van der Waals surface area contributed by atoms with E-state index in [9.17, 15) is 9.59 Å². The Labute approximate surface area is 179 Å². The molecule has 2 aliphatic rings. The van der Waals surface area contributed by atoms with Gasteiger partial charge in [-0.05, 0) is 49.7 Å². The van der Waals surface area contributed by atoms with Crippen LogP contribution in [0.25, 0.3) is 15.7 Å². The van der Waals surface area contributed by atoms with Crippen LogP contribution in [0.15, 0.2) is 22.3 Å². The molecule has 1 aliphatic heterocycles. The van der Waals surface area contributed by atoms with Gasteiger partial charge in [0.1, 0.15) is 22.7 Å². The molecule has 3 aromatic heterocycles. The first kappa shape index (κ1) is 19.8. The fourth-order valence-electron chi connectivity index (χ4n) is 4.75. The highest BCUT2D eigenvalue weighted by Crippen LogP contribution is 2.28. The minimum Gasteiger partial charge on any atom is -0.350 e. The van der Waals surface area contributed by atoms with E-state index in [1.54, 1.807) is 11.3 Å². The van der Waals surface area contributed by atoms with E-state index in [0.717, 1.165) is 42.0 Å². The standard InChI is InChI=1S/C22H29N5O2S/c1-14(2)20-24-26(21(29)18-11-15-8-10-30-22(15)27(18)20)13-19(28)23-16-5-4-9-25(12-16)17-6-3-7-17/h8,10-11,14,16-17H,3-7,9,12-13H2,1-2H3,(H,23,28)/t16-/m1/s1. The maximum absolute atomic E-state index is 13.1. The average molecular weight is 428 g/mol. The lowest BCUT2D eigenvalue weighted by molar-refractivity contribution is -0.123. The molecule has 1 aliphatic carbocycles. The number of hydrogen-bond donors (Lipinski definition) is 1. The Bertz CT molecular complexity index is 1140. The summed E-state index contributed by atoms with van der Waals surface area (Å²) in [5.74, 6) is 0.815. The van der Waals surface area contributed by atoms with Crippen LogP contribution < -0.4 is 10.9 Å². The number of carbonyl (C=O) groups excluding carboxylic acids is 1. The molecule has 5 rings (SSSR count). The molecule has 1 atom stereocenters. The highest BCUT2D eigenvalue weighted by atomic mass is 32.1. The largest absolute Gasteiger partial charge is 0.350 e. The number of piperidine rings is 1. The molecule has 160 valence electrons. The maximum atomic E-state index is 13.1. The summed E-state index contributed by atoms with van der Waals surface area (Å²) in [5.41, 5.74) is 0.384. The van der Waals surface area contributed by atoms with Gasteiger partial charge in [-0.1, -0.05) is 20.3 Å². The van der Waals surface area contributed by atoms with Gasteiger partial charge < -0.3 is 5.32 Å². The molecule has 3 aromatic rings. The number of amides is 1. The van der Waals surface area contributed by atoms with Gasteiger partial charge in [0.2, 0.25) is 5.91 Å². The van der Waals surface area contributed by atoms with E-state index < -0.39 is 0 Å². The number of hydrogen-bond acceptors (Lipinski definition) is 5. The van der Waals surface area contributed by atoms with E-state index in [4.69, 9.17) is 0 Å². The van der Waals surface area contributed by atoms with Crippen LogP contribution in [0.5, 0.6) is 0 Å². The molecule has 30 heavy (non-hydrogen) atoms. The zero-order valence-corrected chi connectivity index (χ0v) is 18.5. The quantitative estimate of drug-likeness (QED) is 0.680. The predicted octanol–water partition coefficient (Wildman–Crippen LogP) is 2.97. The monoisotopic (exact) mass is 427 g/mol. The lowest BCUT2D eigenvalue weighted by Gasteiger charge is -2.42. The van der Waals surface area contributed by atoms with Crippen LogP contribution in [-0.2, 0) is 11.3 Å². The van der Waals surface area contributed by atoms with E-state index in [-0.39, 0.29) is 30.0 Å². The highest BCUT2D eigenvalue weighted by molar-refractivity contribution is 7.16. The van der Waals surface area contributed by atoms with Crippen molar-refractivity contribution in [3.05, 3.63) is 33.7 Å². The van der Waals surface area contributed by atoms with Crippen LogP contribution in [0, 0.1) is 0 Å². The van der Waals surface area contributed by atoms with E-state index in [1.165, 1.54) is 23.9 Å². The SMILES string of the molecule is CC(C)c1nn(CC(=O)N[C@@H]2CCCN(C3CCC3)C2)c(=O)c2cc3ccsc3n12. The maximum Gasteiger partial charge on any atom is 0.291 e. The average Bonchev–Trinajstić information content (AvgIpc) is 3.24. The van der Waals surface area contributed by atoms with Crippen LogP contribution in [-0.4, -0.2) is 50.2 Å². The van der Waals surface area contributed by atoms with Gasteiger partial charge in [0.25, 0.3) is 5.56 Å². The second-order valence-electron chi connectivity index (χ2n) is 9.01. The third kappa shape index (κ3) is 3.46. The van der Waals surface area contributed by atoms with E-state index >= 15 is 0 Å². The predicted molar refractivity (Wildman–Crippen MR) is 119 cm³/mol. The number of fused-ring (bicyclic) bond motifs is 3. The molecular weight excluding hydrogens is 398 g/mol. The Hall–Kier alpha value is -2.19. The number of nitrogens with zero attached hydrogens (tertiary/aromatic N) is 4. The zero-order chi connectivity index (χ0) is 20.8. The number of likely N-dealkylation sites (tertiary alicyclic amines) is 1. The second-order valence-corrected chi connectivity index (χ2v) is 9.90. The molecule has 0 radical (unpaired) electrons. The number of rotatable bonds is 5. The van der Waals surface area contributed by atoms with Gasteiger partial charge in [-0.25, -0.2) is 4.68 Å². The number of aromatic nitrogens is 3. The lowest BCUT2D eigenvalue weighted by atomic mass is 9.89. The summed E-state index contributed by atoms with van der Waals surface area (Å²) in [7, 11) is 0. The van der Waals surface area contributed by atoms with Crippen molar-refractivity contribution < 1.29 is 4.79 Å². The Kier molecular flexibility index (Phi) is 5.14. The minimum atomic E-state index is -0.210. The fourth-order valence-corrected chi connectivity index (χ4v) is 5.66. The van der Waals surface area contributed by atoms with Gasteiger partial charge >= 0.3 is 0 Å². The molecular formula is C22H29N5O2S. The van der Waals surface area contributed by atoms with Gasteiger partial charge in [-0.2, -0.15) is 5.10 Å². The summed E-state index contributed by atoms with van der Waals surface area (Å²) in [6.45, 7) is 6.15. The van der Waals surface area contributed by atoms with Gasteiger partial charge in [0.15, 0.2) is 0 Å². The number of carbonyl (C=O) groups is 1. The molecule has 1 saturated carbocycles. The first-order valence-electron chi connectivity index (χ1n) is 11.0. The topological polar surface area (TPSA) is 71.6 Å². The van der Waals surface area contributed by atoms with Gasteiger partial charge in [-0.15, -0.1) is 11.3 Å². The van der Waals surface area contributed by atoms with Gasteiger partial charge in [0, 0.05) is 29.9 Å². The third-order valence-electron chi connectivity index (χ3n) is 6.54. The van der Waals surface area contributed by atoms with Crippen molar-refractivity contribution in [2.45, 2.75) is 70.5 Å². The molecule has 4 heterocycles. The molecule has 1 saturated heterocycles. The normalized spacial score (nSPS) is 20.8. The summed E-state index contributed by atoms with van der Waals surface area (Å²) in [5, 5.41) is 10.8. The van der Waals surface area contributed by atoms with Crippen molar-refractivity contribution in [3.63, 3.8) is 0 Å². The molecule has 1 N–H and O–H groups in total. The van der Waals surface area contributed by atoms with Gasteiger partial charge in [-0.3, -0.25) is 18.9 Å². The van der Waals surface area contributed by atoms with Crippen LogP contribution in [0.3, 0.4) is 0 Å². The molecule has 7 nitrogen and oxygen atoms in total. The molecule has 0 unspecified atom stereocenters. The lowest BCUT2D eigenvalue weighted by Crippen LogP contribution is -2.53.